The van der Waals surface area contributed by atoms with Crippen LogP contribution in [0, 0.1) is 0 Å². The van der Waals surface area contributed by atoms with Crippen LogP contribution in [0.25, 0.3) is 0 Å². The van der Waals surface area contributed by atoms with Crippen molar-refractivity contribution >= 4 is 11.7 Å². The molecule has 0 saturated carbocycles. The molecule has 6 nitrogen and oxygen atoms in total. The molecule has 0 radical (unpaired) electrons. The minimum absolute atomic E-state index is 0.110. The van der Waals surface area contributed by atoms with Gasteiger partial charge in [-0.15, -0.1) is 0 Å². The molecule has 0 aromatic heterocycles. The molecule has 0 aromatic carbocycles. The molecular formula is C13H27N3O3. The lowest BCUT2D eigenvalue weighted by Gasteiger charge is -2.22. The maximum absolute atomic E-state index is 12.0. The Balaban J connectivity index is 4.11. The van der Waals surface area contributed by atoms with E-state index in [2.05, 4.69) is 12.1 Å². The minimum Gasteiger partial charge on any atom is -0.409 e. The van der Waals surface area contributed by atoms with Crippen LogP contribution in [0.15, 0.2) is 5.16 Å². The number of nitrogens with zero attached hydrogens (tertiary/aromatic N) is 2. The van der Waals surface area contributed by atoms with E-state index in [1.807, 2.05) is 0 Å². The van der Waals surface area contributed by atoms with Crippen LogP contribution in [0.1, 0.15) is 45.4 Å². The van der Waals surface area contributed by atoms with Gasteiger partial charge in [0.15, 0.2) is 0 Å². The van der Waals surface area contributed by atoms with Gasteiger partial charge in [0.1, 0.15) is 5.84 Å². The monoisotopic (exact) mass is 273 g/mol. The fourth-order valence-corrected chi connectivity index (χ4v) is 1.72. The summed E-state index contributed by atoms with van der Waals surface area (Å²) >= 11 is 0. The fraction of sp³-hybridized carbons (Fsp3) is 0.846. The Morgan fingerprint density at radius 3 is 2.58 bits per heavy atom. The maximum Gasteiger partial charge on any atom is 0.222 e. The molecule has 0 bridgehead atoms. The second kappa shape index (κ2) is 11.8. The number of hydrogen-bond acceptors (Lipinski definition) is 4. The molecule has 0 atom stereocenters. The molecule has 0 saturated heterocycles. The molecule has 112 valence electrons. The van der Waals surface area contributed by atoms with Crippen LogP contribution in [0.3, 0.4) is 0 Å². The molecule has 6 heteroatoms. The van der Waals surface area contributed by atoms with Crippen LogP contribution in [-0.4, -0.2) is 48.7 Å². The van der Waals surface area contributed by atoms with Crippen molar-refractivity contribution in [1.82, 2.24) is 4.90 Å². The Kier molecular flexibility index (Phi) is 11.0. The highest BCUT2D eigenvalue weighted by Crippen LogP contribution is 2.06. The lowest BCUT2D eigenvalue weighted by atomic mass is 10.1. The van der Waals surface area contributed by atoms with E-state index in [4.69, 9.17) is 15.7 Å². The standard InChI is InChI=1S/C13H27N3O3/c1-3-4-5-6-7-13(17)16(10-11-19-2)9-8-12(14)15-18/h18H,3-11H2,1-2H3,(H2,14,15). The number of carbonyl (C=O) groups excluding carboxylic acids is 1. The van der Waals surface area contributed by atoms with Crippen molar-refractivity contribution in [2.24, 2.45) is 10.9 Å². The molecule has 0 aromatic rings. The largest absolute Gasteiger partial charge is 0.409 e. The Morgan fingerprint density at radius 2 is 2.00 bits per heavy atom. The Labute approximate surface area is 115 Å². The van der Waals surface area contributed by atoms with Gasteiger partial charge in [-0.1, -0.05) is 31.3 Å². The highest BCUT2D eigenvalue weighted by molar-refractivity contribution is 5.81. The molecule has 0 spiro atoms. The van der Waals surface area contributed by atoms with Gasteiger partial charge in [0.05, 0.1) is 6.61 Å². The summed E-state index contributed by atoms with van der Waals surface area (Å²) in [6.07, 6.45) is 5.25. The number of carbonyl (C=O) groups is 1. The average Bonchev–Trinajstić information content (AvgIpc) is 2.43. The molecule has 0 aliphatic carbocycles. The number of rotatable bonds is 11. The van der Waals surface area contributed by atoms with Crippen LogP contribution in [0.2, 0.25) is 0 Å². The number of nitrogens with two attached hydrogens (primary N) is 1. The molecule has 0 rings (SSSR count). The van der Waals surface area contributed by atoms with E-state index in [9.17, 15) is 4.79 Å². The van der Waals surface area contributed by atoms with Gasteiger partial charge in [-0.25, -0.2) is 0 Å². The number of ether oxygens (including phenoxy) is 1. The Hall–Kier alpha value is -1.30. The third kappa shape index (κ3) is 9.30. The van der Waals surface area contributed by atoms with Crippen molar-refractivity contribution in [3.05, 3.63) is 0 Å². The summed E-state index contributed by atoms with van der Waals surface area (Å²) in [6.45, 7) is 3.65. The number of unbranched alkanes of at least 4 members (excludes halogenated alkanes) is 3. The molecule has 0 heterocycles. The molecule has 1 amide bonds. The zero-order valence-electron chi connectivity index (χ0n) is 12.1. The van der Waals surface area contributed by atoms with E-state index in [1.54, 1.807) is 12.0 Å². The van der Waals surface area contributed by atoms with Gasteiger partial charge in [-0.05, 0) is 6.42 Å². The Morgan fingerprint density at radius 1 is 1.26 bits per heavy atom. The van der Waals surface area contributed by atoms with E-state index in [0.29, 0.717) is 32.5 Å². The zero-order valence-corrected chi connectivity index (χ0v) is 12.1. The van der Waals surface area contributed by atoms with Gasteiger partial charge in [0.2, 0.25) is 5.91 Å². The van der Waals surface area contributed by atoms with E-state index in [-0.39, 0.29) is 11.7 Å². The number of hydrogen-bond donors (Lipinski definition) is 2. The van der Waals surface area contributed by atoms with Gasteiger partial charge in [-0.3, -0.25) is 4.79 Å². The summed E-state index contributed by atoms with van der Waals surface area (Å²) < 4.78 is 4.99. The smallest absolute Gasteiger partial charge is 0.222 e. The average molecular weight is 273 g/mol. The normalized spacial score (nSPS) is 11.6. The lowest BCUT2D eigenvalue weighted by Crippen LogP contribution is -2.36. The lowest BCUT2D eigenvalue weighted by molar-refractivity contribution is -0.131. The van der Waals surface area contributed by atoms with Crippen LogP contribution >= 0.6 is 0 Å². The topological polar surface area (TPSA) is 88.2 Å². The fourth-order valence-electron chi connectivity index (χ4n) is 1.72. The molecule has 0 aliphatic rings. The molecule has 19 heavy (non-hydrogen) atoms. The third-order valence-electron chi connectivity index (χ3n) is 2.93. The van der Waals surface area contributed by atoms with Gasteiger partial charge in [0.25, 0.3) is 0 Å². The summed E-state index contributed by atoms with van der Waals surface area (Å²) in [5.74, 6) is 0.250. The van der Waals surface area contributed by atoms with E-state index in [0.717, 1.165) is 25.7 Å². The summed E-state index contributed by atoms with van der Waals surface area (Å²) in [5.41, 5.74) is 5.42. The first-order chi connectivity index (χ1) is 9.15. The van der Waals surface area contributed by atoms with Gasteiger partial charge >= 0.3 is 0 Å². The summed E-state index contributed by atoms with van der Waals surface area (Å²) in [4.78, 5) is 13.8. The molecular weight excluding hydrogens is 246 g/mol. The van der Waals surface area contributed by atoms with Gasteiger partial charge < -0.3 is 20.6 Å². The summed E-state index contributed by atoms with van der Waals surface area (Å²) in [6, 6.07) is 0. The molecule has 0 unspecified atom stereocenters. The van der Waals surface area contributed by atoms with Crippen molar-refractivity contribution in [1.29, 1.82) is 0 Å². The van der Waals surface area contributed by atoms with Crippen LogP contribution in [0.4, 0.5) is 0 Å². The van der Waals surface area contributed by atoms with E-state index in [1.165, 1.54) is 0 Å². The first kappa shape index (κ1) is 17.7. The van der Waals surface area contributed by atoms with Crippen molar-refractivity contribution in [2.75, 3.05) is 26.8 Å². The highest BCUT2D eigenvalue weighted by Gasteiger charge is 2.13. The number of methoxy groups -OCH3 is 1. The van der Waals surface area contributed by atoms with Crippen molar-refractivity contribution in [3.63, 3.8) is 0 Å². The quantitative estimate of drug-likeness (QED) is 0.197. The highest BCUT2D eigenvalue weighted by atomic mass is 16.5. The summed E-state index contributed by atoms with van der Waals surface area (Å²) in [5, 5.41) is 11.4. The van der Waals surface area contributed by atoms with Crippen LogP contribution in [-0.2, 0) is 9.53 Å². The minimum atomic E-state index is 0.110. The van der Waals surface area contributed by atoms with Crippen LogP contribution in [0.5, 0.6) is 0 Å². The van der Waals surface area contributed by atoms with Crippen molar-refractivity contribution < 1.29 is 14.7 Å². The predicted molar refractivity (Wildman–Crippen MR) is 75.2 cm³/mol. The van der Waals surface area contributed by atoms with E-state index >= 15 is 0 Å². The van der Waals surface area contributed by atoms with Crippen molar-refractivity contribution in [3.8, 4) is 0 Å². The zero-order chi connectivity index (χ0) is 14.5. The van der Waals surface area contributed by atoms with Gasteiger partial charge in [0, 0.05) is 33.0 Å². The first-order valence-corrected chi connectivity index (χ1v) is 6.88. The Bertz CT molecular complexity index is 270. The maximum atomic E-state index is 12.0. The predicted octanol–water partition coefficient (Wildman–Crippen LogP) is 1.57. The second-order valence-electron chi connectivity index (χ2n) is 4.53. The number of amides is 1. The molecule has 0 fully saturated rings. The first-order valence-electron chi connectivity index (χ1n) is 6.88. The van der Waals surface area contributed by atoms with E-state index < -0.39 is 0 Å². The third-order valence-corrected chi connectivity index (χ3v) is 2.93. The molecule has 0 aliphatic heterocycles. The number of amidine groups is 1. The second-order valence-corrected chi connectivity index (χ2v) is 4.53. The number of oxime groups is 1. The SMILES string of the molecule is CCCCCCC(=O)N(CCOC)CCC(N)=NO. The van der Waals surface area contributed by atoms with Crippen LogP contribution < -0.4 is 5.73 Å². The van der Waals surface area contributed by atoms with Gasteiger partial charge in [-0.2, -0.15) is 0 Å². The molecule has 3 N–H and O–H groups in total. The summed E-state index contributed by atoms with van der Waals surface area (Å²) in [7, 11) is 1.60. The van der Waals surface area contributed by atoms with Crippen molar-refractivity contribution in [2.45, 2.75) is 45.4 Å².